The van der Waals surface area contributed by atoms with Gasteiger partial charge in [-0.2, -0.15) is 0 Å². The molecule has 0 atom stereocenters. The van der Waals surface area contributed by atoms with Crippen molar-refractivity contribution in [3.63, 3.8) is 0 Å². The van der Waals surface area contributed by atoms with Crippen molar-refractivity contribution in [2.24, 2.45) is 0 Å². The number of carbonyl (C=O) groups excluding carboxylic acids is 1. The summed E-state index contributed by atoms with van der Waals surface area (Å²) in [5.74, 6) is 0.790. The summed E-state index contributed by atoms with van der Waals surface area (Å²) in [6.07, 6.45) is 0.854. The van der Waals surface area contributed by atoms with E-state index >= 15 is 0 Å². The van der Waals surface area contributed by atoms with Crippen LogP contribution in [0.15, 0.2) is 16.0 Å². The molecule has 2 aromatic rings. The molecule has 3 nitrogen and oxygen atoms in total. The summed E-state index contributed by atoms with van der Waals surface area (Å²) in [4.78, 5) is 11.3. The lowest BCUT2D eigenvalue weighted by atomic mass is 10.1. The van der Waals surface area contributed by atoms with Gasteiger partial charge in [0.05, 0.1) is 10.6 Å². The first-order valence-electron chi connectivity index (χ1n) is 4.19. The predicted octanol–water partition coefficient (Wildman–Crippen LogP) is 2.83. The Labute approximate surface area is 85.4 Å². The van der Waals surface area contributed by atoms with Gasteiger partial charge in [0.15, 0.2) is 6.29 Å². The normalized spacial score (nSPS) is 10.4. The standard InChI is InChI=1S/C10H9NO2S/c1-6-10(7(2)13-11-6)8-3-9(4-12)14-5-8/h3-5H,1-2H3. The van der Waals surface area contributed by atoms with Gasteiger partial charge in [0.2, 0.25) is 0 Å². The summed E-state index contributed by atoms with van der Waals surface area (Å²) >= 11 is 1.43. The highest BCUT2D eigenvalue weighted by atomic mass is 32.1. The molecule has 0 fully saturated rings. The second kappa shape index (κ2) is 3.38. The van der Waals surface area contributed by atoms with E-state index in [1.807, 2.05) is 25.3 Å². The third-order valence-electron chi connectivity index (χ3n) is 2.06. The number of hydrogen-bond donors (Lipinski definition) is 0. The van der Waals surface area contributed by atoms with Crippen LogP contribution in [0.4, 0.5) is 0 Å². The topological polar surface area (TPSA) is 43.1 Å². The molecule has 0 saturated heterocycles. The lowest BCUT2D eigenvalue weighted by molar-refractivity contribution is 0.112. The quantitative estimate of drug-likeness (QED) is 0.711. The molecule has 0 amide bonds. The number of thiophene rings is 1. The minimum atomic E-state index is 0.722. The maximum atomic E-state index is 10.5. The highest BCUT2D eigenvalue weighted by Gasteiger charge is 2.12. The van der Waals surface area contributed by atoms with Gasteiger partial charge in [0.1, 0.15) is 5.76 Å². The van der Waals surface area contributed by atoms with Gasteiger partial charge in [-0.1, -0.05) is 5.16 Å². The second-order valence-corrected chi connectivity index (χ2v) is 4.00. The predicted molar refractivity (Wildman–Crippen MR) is 54.7 cm³/mol. The number of aryl methyl sites for hydroxylation is 2. The van der Waals surface area contributed by atoms with Gasteiger partial charge in [-0.3, -0.25) is 4.79 Å². The van der Waals surface area contributed by atoms with Crippen LogP contribution in [-0.4, -0.2) is 11.4 Å². The van der Waals surface area contributed by atoms with Gasteiger partial charge in [-0.15, -0.1) is 11.3 Å². The first-order chi connectivity index (χ1) is 6.72. The van der Waals surface area contributed by atoms with E-state index in [9.17, 15) is 4.79 Å². The SMILES string of the molecule is Cc1noc(C)c1-c1csc(C=O)c1. The zero-order valence-electron chi connectivity index (χ0n) is 7.90. The fourth-order valence-electron chi connectivity index (χ4n) is 1.44. The molecule has 2 heterocycles. The third kappa shape index (κ3) is 1.37. The molecule has 0 spiro atoms. The number of nitrogens with zero attached hydrogens (tertiary/aromatic N) is 1. The van der Waals surface area contributed by atoms with E-state index in [1.165, 1.54) is 11.3 Å². The maximum absolute atomic E-state index is 10.5. The van der Waals surface area contributed by atoms with Crippen molar-refractivity contribution in [2.45, 2.75) is 13.8 Å². The van der Waals surface area contributed by atoms with E-state index in [2.05, 4.69) is 5.16 Å². The molecule has 72 valence electrons. The molecule has 0 saturated carbocycles. The number of aldehydes is 1. The Morgan fingerprint density at radius 2 is 2.29 bits per heavy atom. The largest absolute Gasteiger partial charge is 0.361 e. The summed E-state index contributed by atoms with van der Waals surface area (Å²) in [6, 6.07) is 1.85. The lowest BCUT2D eigenvalue weighted by Gasteiger charge is -1.92. The molecule has 0 unspecified atom stereocenters. The molecule has 2 aromatic heterocycles. The molecular formula is C10H9NO2S. The molecule has 0 radical (unpaired) electrons. The molecular weight excluding hydrogens is 198 g/mol. The highest BCUT2D eigenvalue weighted by Crippen LogP contribution is 2.29. The fourth-order valence-corrected chi connectivity index (χ4v) is 2.14. The van der Waals surface area contributed by atoms with Crippen LogP contribution in [0.2, 0.25) is 0 Å². The van der Waals surface area contributed by atoms with Gasteiger partial charge in [-0.25, -0.2) is 0 Å². The monoisotopic (exact) mass is 207 g/mol. The zero-order valence-corrected chi connectivity index (χ0v) is 8.72. The van der Waals surface area contributed by atoms with Crippen molar-refractivity contribution >= 4 is 17.6 Å². The first-order valence-corrected chi connectivity index (χ1v) is 5.07. The van der Waals surface area contributed by atoms with Gasteiger partial charge in [-0.05, 0) is 30.9 Å². The Morgan fingerprint density at radius 3 is 2.79 bits per heavy atom. The van der Waals surface area contributed by atoms with E-state index in [1.54, 1.807) is 0 Å². The van der Waals surface area contributed by atoms with Crippen molar-refractivity contribution in [1.29, 1.82) is 0 Å². The Bertz CT molecular complexity index is 451. The van der Waals surface area contributed by atoms with Crippen LogP contribution in [0.1, 0.15) is 21.1 Å². The van der Waals surface area contributed by atoms with Gasteiger partial charge in [0.25, 0.3) is 0 Å². The average molecular weight is 207 g/mol. The van der Waals surface area contributed by atoms with E-state index < -0.39 is 0 Å². The van der Waals surface area contributed by atoms with Crippen LogP contribution >= 0.6 is 11.3 Å². The van der Waals surface area contributed by atoms with Crippen LogP contribution < -0.4 is 0 Å². The number of hydrogen-bond acceptors (Lipinski definition) is 4. The van der Waals surface area contributed by atoms with Crippen molar-refractivity contribution in [1.82, 2.24) is 5.16 Å². The molecule has 0 aromatic carbocycles. The molecule has 0 aliphatic heterocycles. The van der Waals surface area contributed by atoms with Crippen LogP contribution in [-0.2, 0) is 0 Å². The lowest BCUT2D eigenvalue weighted by Crippen LogP contribution is -1.78. The molecule has 14 heavy (non-hydrogen) atoms. The van der Waals surface area contributed by atoms with Gasteiger partial charge in [0, 0.05) is 5.56 Å². The van der Waals surface area contributed by atoms with Crippen molar-refractivity contribution in [3.05, 3.63) is 27.8 Å². The summed E-state index contributed by atoms with van der Waals surface area (Å²) < 4.78 is 5.06. The van der Waals surface area contributed by atoms with Crippen molar-refractivity contribution < 1.29 is 9.32 Å². The third-order valence-corrected chi connectivity index (χ3v) is 2.92. The molecule has 0 aliphatic carbocycles. The summed E-state index contributed by atoms with van der Waals surface area (Å²) in [5, 5.41) is 5.81. The minimum absolute atomic E-state index is 0.722. The van der Waals surface area contributed by atoms with Crippen molar-refractivity contribution in [3.8, 4) is 11.1 Å². The summed E-state index contributed by atoms with van der Waals surface area (Å²) in [5.41, 5.74) is 2.86. The Kier molecular flexibility index (Phi) is 2.21. The number of aromatic nitrogens is 1. The first kappa shape index (κ1) is 9.15. The van der Waals surface area contributed by atoms with Crippen LogP contribution in [0.5, 0.6) is 0 Å². The molecule has 0 aliphatic rings. The Hall–Kier alpha value is -1.42. The highest BCUT2D eigenvalue weighted by molar-refractivity contribution is 7.12. The van der Waals surface area contributed by atoms with E-state index in [0.717, 1.165) is 33.7 Å². The molecule has 2 rings (SSSR count). The van der Waals surface area contributed by atoms with E-state index in [0.29, 0.717) is 0 Å². The van der Waals surface area contributed by atoms with Crippen LogP contribution in [0.25, 0.3) is 11.1 Å². The molecule has 0 bridgehead atoms. The minimum Gasteiger partial charge on any atom is -0.361 e. The van der Waals surface area contributed by atoms with Crippen LogP contribution in [0.3, 0.4) is 0 Å². The van der Waals surface area contributed by atoms with Crippen molar-refractivity contribution in [2.75, 3.05) is 0 Å². The fraction of sp³-hybridized carbons (Fsp3) is 0.200. The summed E-state index contributed by atoms with van der Waals surface area (Å²) in [7, 11) is 0. The maximum Gasteiger partial charge on any atom is 0.160 e. The Morgan fingerprint density at radius 1 is 1.50 bits per heavy atom. The zero-order chi connectivity index (χ0) is 10.1. The van der Waals surface area contributed by atoms with Gasteiger partial charge >= 0.3 is 0 Å². The Balaban J connectivity index is 2.53. The number of rotatable bonds is 2. The van der Waals surface area contributed by atoms with Gasteiger partial charge < -0.3 is 4.52 Å². The number of carbonyl (C=O) groups is 1. The van der Waals surface area contributed by atoms with E-state index in [4.69, 9.17) is 4.52 Å². The molecule has 0 N–H and O–H groups in total. The average Bonchev–Trinajstić information content (AvgIpc) is 2.73. The van der Waals surface area contributed by atoms with Crippen LogP contribution in [0, 0.1) is 13.8 Å². The van der Waals surface area contributed by atoms with E-state index in [-0.39, 0.29) is 0 Å². The molecule has 4 heteroatoms. The smallest absolute Gasteiger partial charge is 0.160 e. The second-order valence-electron chi connectivity index (χ2n) is 3.05. The summed E-state index contributed by atoms with van der Waals surface area (Å²) in [6.45, 7) is 3.76.